The van der Waals surface area contributed by atoms with E-state index in [9.17, 15) is 19.2 Å². The topological polar surface area (TPSA) is 183 Å². The van der Waals surface area contributed by atoms with E-state index in [1.807, 2.05) is 26.2 Å². The molecular formula is C20H26N2O9. The lowest BCUT2D eigenvalue weighted by atomic mass is 10.2. The van der Waals surface area contributed by atoms with E-state index in [0.717, 1.165) is 24.3 Å². The van der Waals surface area contributed by atoms with Crippen molar-refractivity contribution >= 4 is 30.0 Å². The molecule has 0 unspecified atom stereocenters. The maximum absolute atomic E-state index is 9.55. The molecule has 1 rings (SSSR count). The van der Waals surface area contributed by atoms with Gasteiger partial charge in [0.05, 0.1) is 12.8 Å². The molecule has 0 saturated carbocycles. The number of aromatic nitrogens is 1. The Kier molecular flexibility index (Phi) is 18.2. The molecule has 0 aromatic carbocycles. The van der Waals surface area contributed by atoms with Gasteiger partial charge in [-0.05, 0) is 38.6 Å². The second-order valence-corrected chi connectivity index (χ2v) is 5.20. The van der Waals surface area contributed by atoms with Gasteiger partial charge >= 0.3 is 23.9 Å². The Hall–Kier alpha value is -3.99. The third-order valence-corrected chi connectivity index (χ3v) is 2.65. The molecule has 0 fully saturated rings. The zero-order valence-electron chi connectivity index (χ0n) is 17.1. The maximum atomic E-state index is 9.55. The molecule has 0 atom stereocenters. The van der Waals surface area contributed by atoms with Crippen LogP contribution in [0.1, 0.15) is 18.9 Å². The van der Waals surface area contributed by atoms with Gasteiger partial charge in [0.2, 0.25) is 0 Å². The summed E-state index contributed by atoms with van der Waals surface area (Å²) in [7, 11) is 1.95. The van der Waals surface area contributed by atoms with E-state index in [1.54, 1.807) is 6.20 Å². The zero-order valence-corrected chi connectivity index (χ0v) is 17.1. The Balaban J connectivity index is 0. The van der Waals surface area contributed by atoms with Crippen molar-refractivity contribution in [2.24, 2.45) is 0 Å². The quantitative estimate of drug-likeness (QED) is 0.264. The Bertz CT molecular complexity index is 721. The molecule has 0 saturated heterocycles. The molecule has 170 valence electrons. The van der Waals surface area contributed by atoms with Crippen molar-refractivity contribution in [1.82, 2.24) is 10.3 Å². The first-order chi connectivity index (χ1) is 14.6. The molecule has 0 aliphatic rings. The van der Waals surface area contributed by atoms with Crippen LogP contribution >= 0.6 is 0 Å². The number of pyridine rings is 1. The molecule has 0 aliphatic carbocycles. The fourth-order valence-electron chi connectivity index (χ4n) is 1.50. The predicted octanol–water partition coefficient (Wildman–Crippen LogP) is 1.53. The second kappa shape index (κ2) is 19.3. The van der Waals surface area contributed by atoms with Crippen LogP contribution in [-0.2, 0) is 19.2 Å². The minimum Gasteiger partial charge on any atom is -0.492 e. The van der Waals surface area contributed by atoms with Crippen molar-refractivity contribution in [3.05, 3.63) is 54.4 Å². The number of hydrogen-bond donors (Lipinski definition) is 5. The first-order valence-electron chi connectivity index (χ1n) is 8.79. The highest BCUT2D eigenvalue weighted by molar-refractivity contribution is 5.90. The lowest BCUT2D eigenvalue weighted by Gasteiger charge is -2.02. The normalized spacial score (nSPS) is 10.1. The number of rotatable bonds is 10. The maximum Gasteiger partial charge on any atom is 0.328 e. The summed E-state index contributed by atoms with van der Waals surface area (Å²) in [4.78, 5) is 42.3. The summed E-state index contributed by atoms with van der Waals surface area (Å²) in [6.07, 6.45) is 11.0. The number of carboxylic acids is 4. The Morgan fingerprint density at radius 2 is 1.42 bits per heavy atom. The van der Waals surface area contributed by atoms with Crippen LogP contribution in [0.5, 0.6) is 5.75 Å². The summed E-state index contributed by atoms with van der Waals surface area (Å²) in [6, 6.07) is 1.99. The molecule has 11 nitrogen and oxygen atoms in total. The average molecular weight is 438 g/mol. The van der Waals surface area contributed by atoms with Crippen molar-refractivity contribution < 1.29 is 44.3 Å². The predicted molar refractivity (Wildman–Crippen MR) is 112 cm³/mol. The van der Waals surface area contributed by atoms with Crippen LogP contribution in [0.4, 0.5) is 0 Å². The zero-order chi connectivity index (χ0) is 24.1. The fourth-order valence-corrected chi connectivity index (χ4v) is 1.50. The van der Waals surface area contributed by atoms with Crippen molar-refractivity contribution in [2.75, 3.05) is 20.2 Å². The largest absolute Gasteiger partial charge is 0.492 e. The molecule has 1 aromatic heterocycles. The van der Waals surface area contributed by atoms with Crippen molar-refractivity contribution in [3.63, 3.8) is 0 Å². The highest BCUT2D eigenvalue weighted by Gasteiger charge is 1.93. The second-order valence-electron chi connectivity index (χ2n) is 5.20. The smallest absolute Gasteiger partial charge is 0.328 e. The van der Waals surface area contributed by atoms with Gasteiger partial charge in [-0.3, -0.25) is 4.98 Å². The van der Waals surface area contributed by atoms with E-state index >= 15 is 0 Å². The third kappa shape index (κ3) is 24.0. The Morgan fingerprint density at radius 1 is 0.935 bits per heavy atom. The van der Waals surface area contributed by atoms with Crippen molar-refractivity contribution in [2.45, 2.75) is 13.3 Å². The molecule has 11 heteroatoms. The highest BCUT2D eigenvalue weighted by Crippen LogP contribution is 2.12. The molecular weight excluding hydrogens is 412 g/mol. The molecule has 1 aromatic rings. The number of carbonyl (C=O) groups is 4. The van der Waals surface area contributed by atoms with Gasteiger partial charge < -0.3 is 30.5 Å². The van der Waals surface area contributed by atoms with Gasteiger partial charge in [-0.1, -0.05) is 12.2 Å². The van der Waals surface area contributed by atoms with E-state index in [-0.39, 0.29) is 0 Å². The van der Waals surface area contributed by atoms with Crippen LogP contribution in [0.2, 0.25) is 0 Å². The molecule has 0 amide bonds. The molecule has 0 spiro atoms. The van der Waals surface area contributed by atoms with Gasteiger partial charge in [-0.15, -0.1) is 0 Å². The standard InChI is InChI=1S/C12H18N2O.2C4H4O4/c1-3-15-12-8-11(9-14-10-12)6-4-5-7-13-2;2*5-3(6)1-2-4(7)8/h4,6,8-10,13H,3,5,7H2,1-2H3;2*1-2H,(H,5,6)(H,7,8)/b;2*2-1+. The van der Waals surface area contributed by atoms with Crippen LogP contribution in [-0.4, -0.2) is 69.5 Å². The van der Waals surface area contributed by atoms with Crippen molar-refractivity contribution in [3.8, 4) is 5.75 Å². The summed E-state index contributed by atoms with van der Waals surface area (Å²) >= 11 is 0. The summed E-state index contributed by atoms with van der Waals surface area (Å²) in [5.74, 6) is -4.20. The number of ether oxygens (including phenoxy) is 1. The monoisotopic (exact) mass is 438 g/mol. The minimum absolute atomic E-state index is 0.558. The van der Waals surface area contributed by atoms with E-state index in [4.69, 9.17) is 25.2 Å². The number of aliphatic carboxylic acids is 4. The van der Waals surface area contributed by atoms with E-state index in [0.29, 0.717) is 30.9 Å². The van der Waals surface area contributed by atoms with Crippen molar-refractivity contribution in [1.29, 1.82) is 0 Å². The number of nitrogens with one attached hydrogen (secondary N) is 1. The van der Waals surface area contributed by atoms with E-state index < -0.39 is 23.9 Å². The van der Waals surface area contributed by atoms with Gasteiger partial charge in [0.15, 0.2) is 0 Å². The van der Waals surface area contributed by atoms with E-state index in [1.165, 1.54) is 0 Å². The molecule has 1 heterocycles. The summed E-state index contributed by atoms with van der Waals surface area (Å²) in [5.41, 5.74) is 1.08. The SMILES string of the molecule is CCOc1cncc(C=CCCNC)c1.O=C(O)/C=C/C(=O)O.O=C(O)/C=C/C(=O)O. The Morgan fingerprint density at radius 3 is 1.81 bits per heavy atom. The van der Waals surface area contributed by atoms with Gasteiger partial charge in [-0.2, -0.15) is 0 Å². The fraction of sp³-hybridized carbons (Fsp3) is 0.250. The van der Waals surface area contributed by atoms with Crippen LogP contribution in [0.25, 0.3) is 6.08 Å². The van der Waals surface area contributed by atoms with Crippen LogP contribution in [0, 0.1) is 0 Å². The number of nitrogens with zero attached hydrogens (tertiary/aromatic N) is 1. The van der Waals surface area contributed by atoms with E-state index in [2.05, 4.69) is 22.5 Å². The molecule has 31 heavy (non-hydrogen) atoms. The molecule has 5 N–H and O–H groups in total. The molecule has 0 aliphatic heterocycles. The van der Waals surface area contributed by atoms with Crippen LogP contribution < -0.4 is 10.1 Å². The molecule has 0 bridgehead atoms. The van der Waals surface area contributed by atoms with Gasteiger partial charge in [0.25, 0.3) is 0 Å². The number of hydrogen-bond acceptors (Lipinski definition) is 7. The van der Waals surface area contributed by atoms with Gasteiger partial charge in [-0.25, -0.2) is 19.2 Å². The average Bonchev–Trinajstić information content (AvgIpc) is 2.70. The molecule has 0 radical (unpaired) electrons. The number of carboxylic acid groups (broad SMARTS) is 4. The first kappa shape index (κ1) is 29.2. The van der Waals surface area contributed by atoms with Crippen LogP contribution in [0.3, 0.4) is 0 Å². The first-order valence-corrected chi connectivity index (χ1v) is 8.79. The Labute approximate surface area is 179 Å². The summed E-state index contributed by atoms with van der Waals surface area (Å²) in [5, 5.41) is 34.3. The summed E-state index contributed by atoms with van der Waals surface area (Å²) in [6.45, 7) is 3.64. The lowest BCUT2D eigenvalue weighted by Crippen LogP contribution is -2.05. The minimum atomic E-state index is -1.26. The van der Waals surface area contributed by atoms with Gasteiger partial charge in [0, 0.05) is 30.5 Å². The summed E-state index contributed by atoms with van der Waals surface area (Å²) < 4.78 is 5.37. The van der Waals surface area contributed by atoms with Crippen LogP contribution in [0.15, 0.2) is 48.8 Å². The highest BCUT2D eigenvalue weighted by atomic mass is 16.5. The van der Waals surface area contributed by atoms with Gasteiger partial charge in [0.1, 0.15) is 5.75 Å². The lowest BCUT2D eigenvalue weighted by molar-refractivity contribution is -0.134. The third-order valence-electron chi connectivity index (χ3n) is 2.65.